The number of hydrogen-bond acceptors (Lipinski definition) is 4. The van der Waals surface area contributed by atoms with Gasteiger partial charge in [-0.05, 0) is 31.5 Å². The molecule has 2 aromatic rings. The number of aromatic nitrogens is 3. The van der Waals surface area contributed by atoms with Crippen LogP contribution >= 0.6 is 0 Å². The highest BCUT2D eigenvalue weighted by Crippen LogP contribution is 2.15. The molecule has 0 aliphatic carbocycles. The summed E-state index contributed by atoms with van der Waals surface area (Å²) in [6, 6.07) is 3.65. The molecule has 0 aliphatic heterocycles. The first-order valence-electron chi connectivity index (χ1n) is 5.98. The van der Waals surface area contributed by atoms with E-state index in [1.807, 2.05) is 6.92 Å². The zero-order chi connectivity index (χ0) is 14.7. The van der Waals surface area contributed by atoms with Crippen molar-refractivity contribution >= 4 is 11.6 Å². The average Bonchev–Trinajstić information content (AvgIpc) is 2.41. The van der Waals surface area contributed by atoms with Crippen LogP contribution in [-0.4, -0.2) is 21.1 Å². The van der Waals surface area contributed by atoms with Crippen molar-refractivity contribution in [1.29, 1.82) is 0 Å². The Morgan fingerprint density at radius 2 is 2.05 bits per heavy atom. The predicted molar refractivity (Wildman–Crippen MR) is 68.3 cm³/mol. The molecule has 2 rings (SSSR count). The molecule has 0 spiro atoms. The van der Waals surface area contributed by atoms with Crippen LogP contribution in [0.15, 0.2) is 18.2 Å². The van der Waals surface area contributed by atoms with Gasteiger partial charge < -0.3 is 5.32 Å². The molecule has 104 valence electrons. The van der Waals surface area contributed by atoms with Gasteiger partial charge >= 0.3 is 0 Å². The van der Waals surface area contributed by atoms with Gasteiger partial charge in [0.15, 0.2) is 0 Å². The molecule has 0 radical (unpaired) electrons. The molecule has 0 fully saturated rings. The first-order chi connectivity index (χ1) is 9.51. The average molecular weight is 278 g/mol. The van der Waals surface area contributed by atoms with E-state index in [1.54, 1.807) is 13.0 Å². The molecule has 5 nitrogen and oxygen atoms in total. The van der Waals surface area contributed by atoms with Gasteiger partial charge in [-0.25, -0.2) is 0 Å². The summed E-state index contributed by atoms with van der Waals surface area (Å²) in [5, 5.41) is 10.1. The van der Waals surface area contributed by atoms with Gasteiger partial charge in [-0.1, -0.05) is 6.92 Å². The lowest BCUT2D eigenvalue weighted by Gasteiger charge is -2.08. The van der Waals surface area contributed by atoms with E-state index in [0.29, 0.717) is 23.4 Å². The number of nitrogens with zero attached hydrogens (tertiary/aromatic N) is 3. The van der Waals surface area contributed by atoms with Crippen LogP contribution in [0.2, 0.25) is 0 Å². The maximum atomic E-state index is 13.4. The van der Waals surface area contributed by atoms with Crippen LogP contribution in [0.1, 0.15) is 28.7 Å². The molecule has 0 atom stereocenters. The number of carbonyl (C=O) groups is 1. The number of carbonyl (C=O) groups excluding carboxylic acids is 1. The number of nitrogens with one attached hydrogen (secondary N) is 1. The molecular formula is C13H12F2N4O. The van der Waals surface area contributed by atoms with Crippen molar-refractivity contribution in [2.75, 3.05) is 5.32 Å². The molecule has 2 heterocycles. The van der Waals surface area contributed by atoms with Crippen molar-refractivity contribution in [2.24, 2.45) is 0 Å². The second kappa shape index (κ2) is 5.68. The van der Waals surface area contributed by atoms with Gasteiger partial charge in [0.05, 0.1) is 22.6 Å². The number of anilines is 1. The van der Waals surface area contributed by atoms with Crippen LogP contribution in [0, 0.1) is 18.8 Å². The number of halogens is 2. The van der Waals surface area contributed by atoms with Gasteiger partial charge in [-0.15, -0.1) is 0 Å². The highest BCUT2D eigenvalue weighted by Gasteiger charge is 2.15. The number of hydrogen-bond donors (Lipinski definition) is 1. The standard InChI is InChI=1S/C13H12F2N4O/c1-3-9-8(6-7(2)18-19-9)13(20)16-10-4-5-11(14)17-12(10)15/h4-6H,3H2,1-2H3,(H,16,20). The van der Waals surface area contributed by atoms with Crippen LogP contribution in [0.3, 0.4) is 0 Å². The van der Waals surface area contributed by atoms with Gasteiger partial charge in [-0.3, -0.25) is 4.79 Å². The lowest BCUT2D eigenvalue weighted by atomic mass is 10.1. The Bertz CT molecular complexity index is 661. The van der Waals surface area contributed by atoms with E-state index in [2.05, 4.69) is 20.5 Å². The number of pyridine rings is 1. The Morgan fingerprint density at radius 1 is 1.30 bits per heavy atom. The van der Waals surface area contributed by atoms with Crippen LogP contribution in [0.4, 0.5) is 14.5 Å². The molecule has 2 aromatic heterocycles. The summed E-state index contributed by atoms with van der Waals surface area (Å²) in [5.74, 6) is -2.56. The summed E-state index contributed by atoms with van der Waals surface area (Å²) in [4.78, 5) is 15.1. The summed E-state index contributed by atoms with van der Waals surface area (Å²) in [5.41, 5.74) is 1.20. The van der Waals surface area contributed by atoms with Crippen molar-refractivity contribution < 1.29 is 13.6 Å². The number of amides is 1. The molecule has 0 aromatic carbocycles. The highest BCUT2D eigenvalue weighted by atomic mass is 19.1. The maximum Gasteiger partial charge on any atom is 0.257 e. The van der Waals surface area contributed by atoms with Gasteiger partial charge in [0, 0.05) is 0 Å². The fourth-order valence-corrected chi connectivity index (χ4v) is 1.67. The number of aryl methyl sites for hydroxylation is 2. The molecule has 1 amide bonds. The molecule has 0 bridgehead atoms. The van der Waals surface area contributed by atoms with E-state index >= 15 is 0 Å². The zero-order valence-electron chi connectivity index (χ0n) is 10.9. The van der Waals surface area contributed by atoms with Gasteiger partial charge in [0.25, 0.3) is 5.91 Å². The molecule has 0 saturated heterocycles. The summed E-state index contributed by atoms with van der Waals surface area (Å²) in [6.45, 7) is 3.53. The predicted octanol–water partition coefficient (Wildman–Crippen LogP) is 2.27. The highest BCUT2D eigenvalue weighted by molar-refractivity contribution is 6.05. The summed E-state index contributed by atoms with van der Waals surface area (Å²) in [6.07, 6.45) is 0.514. The largest absolute Gasteiger partial charge is 0.318 e. The summed E-state index contributed by atoms with van der Waals surface area (Å²) < 4.78 is 26.1. The summed E-state index contributed by atoms with van der Waals surface area (Å²) >= 11 is 0. The van der Waals surface area contributed by atoms with Crippen molar-refractivity contribution in [1.82, 2.24) is 15.2 Å². The van der Waals surface area contributed by atoms with E-state index in [0.717, 1.165) is 12.1 Å². The lowest BCUT2D eigenvalue weighted by molar-refractivity contribution is 0.102. The Labute approximate surface area is 114 Å². The van der Waals surface area contributed by atoms with Crippen LogP contribution in [0.5, 0.6) is 0 Å². The molecule has 1 N–H and O–H groups in total. The van der Waals surface area contributed by atoms with E-state index in [1.165, 1.54) is 0 Å². The SMILES string of the molecule is CCc1nnc(C)cc1C(=O)Nc1ccc(F)nc1F. The first-order valence-corrected chi connectivity index (χ1v) is 5.98. The third-order valence-electron chi connectivity index (χ3n) is 2.64. The normalized spacial score (nSPS) is 10.4. The molecular weight excluding hydrogens is 266 g/mol. The van der Waals surface area contributed by atoms with Crippen molar-refractivity contribution in [3.05, 3.63) is 47.0 Å². The van der Waals surface area contributed by atoms with Crippen LogP contribution in [-0.2, 0) is 6.42 Å². The van der Waals surface area contributed by atoms with E-state index < -0.39 is 17.8 Å². The van der Waals surface area contributed by atoms with Gasteiger partial charge in [0.1, 0.15) is 0 Å². The van der Waals surface area contributed by atoms with Crippen molar-refractivity contribution in [3.63, 3.8) is 0 Å². The van der Waals surface area contributed by atoms with E-state index in [4.69, 9.17) is 0 Å². The molecule has 0 saturated carbocycles. The zero-order valence-corrected chi connectivity index (χ0v) is 10.9. The fourth-order valence-electron chi connectivity index (χ4n) is 1.67. The lowest BCUT2D eigenvalue weighted by Crippen LogP contribution is -2.17. The van der Waals surface area contributed by atoms with Gasteiger partial charge in [0.2, 0.25) is 11.9 Å². The Kier molecular flexibility index (Phi) is 3.97. The van der Waals surface area contributed by atoms with Crippen molar-refractivity contribution in [3.8, 4) is 0 Å². The summed E-state index contributed by atoms with van der Waals surface area (Å²) in [7, 11) is 0. The van der Waals surface area contributed by atoms with E-state index in [9.17, 15) is 13.6 Å². The minimum absolute atomic E-state index is 0.187. The van der Waals surface area contributed by atoms with Crippen LogP contribution < -0.4 is 5.32 Å². The molecule has 7 heteroatoms. The quantitative estimate of drug-likeness (QED) is 0.874. The molecule has 0 unspecified atom stereocenters. The monoisotopic (exact) mass is 278 g/mol. The third kappa shape index (κ3) is 2.93. The Balaban J connectivity index is 2.30. The Hall–Kier alpha value is -2.44. The Morgan fingerprint density at radius 3 is 2.70 bits per heavy atom. The number of rotatable bonds is 3. The fraction of sp³-hybridized carbons (Fsp3) is 0.231. The van der Waals surface area contributed by atoms with Gasteiger partial charge in [-0.2, -0.15) is 24.0 Å². The smallest absolute Gasteiger partial charge is 0.257 e. The second-order valence-electron chi connectivity index (χ2n) is 4.13. The van der Waals surface area contributed by atoms with Crippen molar-refractivity contribution in [2.45, 2.75) is 20.3 Å². The maximum absolute atomic E-state index is 13.4. The minimum atomic E-state index is -1.07. The minimum Gasteiger partial charge on any atom is -0.318 e. The second-order valence-corrected chi connectivity index (χ2v) is 4.13. The topological polar surface area (TPSA) is 67.8 Å². The van der Waals surface area contributed by atoms with E-state index in [-0.39, 0.29) is 5.69 Å². The molecule has 20 heavy (non-hydrogen) atoms. The van der Waals surface area contributed by atoms with Crippen LogP contribution in [0.25, 0.3) is 0 Å². The third-order valence-corrected chi connectivity index (χ3v) is 2.64. The molecule has 0 aliphatic rings. The first kappa shape index (κ1) is 14.0.